The minimum atomic E-state index is -2.53. The third kappa shape index (κ3) is 4.93. The molecule has 2 rings (SSSR count). The van der Waals surface area contributed by atoms with Gasteiger partial charge in [0.2, 0.25) is 0 Å². The Balaban J connectivity index is 2.34. The summed E-state index contributed by atoms with van der Waals surface area (Å²) in [5.74, 6) is -0.418. The highest BCUT2D eigenvalue weighted by Crippen LogP contribution is 2.24. The van der Waals surface area contributed by atoms with Gasteiger partial charge in [-0.05, 0) is 18.2 Å². The van der Waals surface area contributed by atoms with E-state index >= 15 is 0 Å². The van der Waals surface area contributed by atoms with Gasteiger partial charge in [0.15, 0.2) is 0 Å². The van der Waals surface area contributed by atoms with Crippen molar-refractivity contribution in [3.8, 4) is 0 Å². The summed E-state index contributed by atoms with van der Waals surface area (Å²) >= 11 is 0. The second-order valence-corrected chi connectivity index (χ2v) is 7.27. The fourth-order valence-corrected chi connectivity index (χ4v) is 3.30. The molecular formula is C19H19NO3S. The van der Waals surface area contributed by atoms with Crippen LogP contribution in [-0.4, -0.2) is 23.5 Å². The zero-order valence-electron chi connectivity index (χ0n) is 13.6. The molecule has 0 amide bonds. The maximum Gasteiger partial charge on any atom is 0.330 e. The van der Waals surface area contributed by atoms with Crippen LogP contribution < -0.4 is 0 Å². The lowest BCUT2D eigenvalue weighted by Crippen LogP contribution is -1.96. The van der Waals surface area contributed by atoms with Crippen molar-refractivity contribution in [3.05, 3.63) is 78.4 Å². The van der Waals surface area contributed by atoms with Crippen molar-refractivity contribution in [3.63, 3.8) is 0 Å². The van der Waals surface area contributed by atoms with Crippen LogP contribution in [0.15, 0.2) is 82.1 Å². The molecular weight excluding hydrogens is 322 g/mol. The second kappa shape index (κ2) is 8.26. The molecule has 2 aromatic carbocycles. The number of methoxy groups -OCH3 is 1. The van der Waals surface area contributed by atoms with Gasteiger partial charge in [-0.15, -0.1) is 0 Å². The van der Waals surface area contributed by atoms with E-state index in [1.807, 2.05) is 54.6 Å². The average Bonchev–Trinajstić information content (AvgIpc) is 2.60. The molecule has 0 spiro atoms. The lowest BCUT2D eigenvalue weighted by atomic mass is 10.1. The highest BCUT2D eigenvalue weighted by Gasteiger charge is 2.06. The first-order valence-electron chi connectivity index (χ1n) is 7.32. The molecule has 0 aliphatic rings. The SMILES string of the molecule is COC(=O)/C=C/C=C/c1ccccc1N=[S@@](C)(=O)c1ccccc1. The Hall–Kier alpha value is -2.66. The van der Waals surface area contributed by atoms with E-state index in [0.29, 0.717) is 10.6 Å². The maximum absolute atomic E-state index is 12.9. The van der Waals surface area contributed by atoms with E-state index in [2.05, 4.69) is 9.10 Å². The molecule has 0 saturated heterocycles. The highest BCUT2D eigenvalue weighted by atomic mass is 32.2. The Kier molecular flexibility index (Phi) is 6.09. The van der Waals surface area contributed by atoms with Gasteiger partial charge in [0.05, 0.1) is 22.5 Å². The number of benzene rings is 2. The van der Waals surface area contributed by atoms with Crippen LogP contribution in [0.25, 0.3) is 6.08 Å². The fraction of sp³-hybridized carbons (Fsp3) is 0.105. The van der Waals surface area contributed by atoms with E-state index in [0.717, 1.165) is 5.56 Å². The summed E-state index contributed by atoms with van der Waals surface area (Å²) in [6.45, 7) is 0. The van der Waals surface area contributed by atoms with E-state index in [-0.39, 0.29) is 0 Å². The first kappa shape index (κ1) is 17.7. The number of carbonyl (C=O) groups excluding carboxylic acids is 1. The van der Waals surface area contributed by atoms with Gasteiger partial charge in [-0.1, -0.05) is 54.6 Å². The predicted octanol–water partition coefficient (Wildman–Crippen LogP) is 4.22. The third-order valence-corrected chi connectivity index (χ3v) is 4.90. The molecule has 0 aliphatic heterocycles. The molecule has 0 saturated carbocycles. The predicted molar refractivity (Wildman–Crippen MR) is 97.5 cm³/mol. The summed E-state index contributed by atoms with van der Waals surface area (Å²) in [5.41, 5.74) is 1.45. The molecule has 24 heavy (non-hydrogen) atoms. The largest absolute Gasteiger partial charge is 0.466 e. The minimum Gasteiger partial charge on any atom is -0.466 e. The molecule has 2 aromatic rings. The minimum absolute atomic E-state index is 0.418. The van der Waals surface area contributed by atoms with Crippen molar-refractivity contribution in [1.82, 2.24) is 0 Å². The Morgan fingerprint density at radius 2 is 1.71 bits per heavy atom. The Bertz CT molecular complexity index is 876. The van der Waals surface area contributed by atoms with E-state index in [1.165, 1.54) is 13.2 Å². The van der Waals surface area contributed by atoms with Crippen LogP contribution in [0.1, 0.15) is 5.56 Å². The van der Waals surface area contributed by atoms with Gasteiger partial charge < -0.3 is 4.74 Å². The van der Waals surface area contributed by atoms with Gasteiger partial charge in [0.25, 0.3) is 0 Å². The summed E-state index contributed by atoms with van der Waals surface area (Å²) in [6.07, 6.45) is 8.05. The van der Waals surface area contributed by atoms with Crippen molar-refractivity contribution in [2.75, 3.05) is 13.4 Å². The van der Waals surface area contributed by atoms with Crippen LogP contribution in [0.3, 0.4) is 0 Å². The average molecular weight is 341 g/mol. The molecule has 0 unspecified atom stereocenters. The van der Waals surface area contributed by atoms with Crippen molar-refractivity contribution >= 4 is 27.5 Å². The zero-order chi connectivity index (χ0) is 17.4. The molecule has 1 atom stereocenters. The summed E-state index contributed by atoms with van der Waals surface area (Å²) in [5, 5.41) is 0. The van der Waals surface area contributed by atoms with E-state index in [4.69, 9.17) is 0 Å². The van der Waals surface area contributed by atoms with E-state index < -0.39 is 15.7 Å². The number of esters is 1. The van der Waals surface area contributed by atoms with Gasteiger partial charge in [-0.3, -0.25) is 0 Å². The normalized spacial score (nSPS) is 13.8. The van der Waals surface area contributed by atoms with Crippen molar-refractivity contribution in [1.29, 1.82) is 0 Å². The van der Waals surface area contributed by atoms with Gasteiger partial charge in [-0.2, -0.15) is 4.36 Å². The summed E-state index contributed by atoms with van der Waals surface area (Å²) in [6, 6.07) is 16.6. The molecule has 0 N–H and O–H groups in total. The zero-order valence-corrected chi connectivity index (χ0v) is 14.4. The van der Waals surface area contributed by atoms with Crippen LogP contribution in [0.4, 0.5) is 5.69 Å². The molecule has 0 bridgehead atoms. The topological polar surface area (TPSA) is 55.7 Å². The lowest BCUT2D eigenvalue weighted by molar-refractivity contribution is -0.134. The van der Waals surface area contributed by atoms with Crippen LogP contribution in [0, 0.1) is 0 Å². The monoisotopic (exact) mass is 341 g/mol. The Morgan fingerprint density at radius 3 is 2.42 bits per heavy atom. The standard InChI is InChI=1S/C19H19NO3S/c1-23-19(21)15-9-7-11-16-10-6-8-14-18(16)20-24(2,22)17-12-4-3-5-13-17/h3-15H,1-2H3/b11-7+,15-9+/t24-/m0/s1. The number of carbonyl (C=O) groups is 1. The Morgan fingerprint density at radius 1 is 1.04 bits per heavy atom. The third-order valence-electron chi connectivity index (χ3n) is 3.21. The van der Waals surface area contributed by atoms with Gasteiger partial charge in [0.1, 0.15) is 0 Å². The van der Waals surface area contributed by atoms with Crippen molar-refractivity contribution < 1.29 is 13.7 Å². The molecule has 124 valence electrons. The first-order chi connectivity index (χ1) is 11.5. The number of rotatable bonds is 5. The molecule has 0 aromatic heterocycles. The molecule has 5 heteroatoms. The van der Waals surface area contributed by atoms with Crippen LogP contribution >= 0.6 is 0 Å². The number of hydrogen-bond donors (Lipinski definition) is 0. The molecule has 0 radical (unpaired) electrons. The lowest BCUT2D eigenvalue weighted by Gasteiger charge is -2.06. The fourth-order valence-electron chi connectivity index (χ4n) is 1.99. The van der Waals surface area contributed by atoms with Crippen LogP contribution in [0.5, 0.6) is 0 Å². The van der Waals surface area contributed by atoms with Gasteiger partial charge >= 0.3 is 5.97 Å². The quantitative estimate of drug-likeness (QED) is 0.465. The summed E-state index contributed by atoms with van der Waals surface area (Å²) in [7, 11) is -1.21. The van der Waals surface area contributed by atoms with Crippen LogP contribution in [0.2, 0.25) is 0 Å². The van der Waals surface area contributed by atoms with Gasteiger partial charge in [-0.25, -0.2) is 9.00 Å². The number of ether oxygens (including phenoxy) is 1. The number of allylic oxidation sites excluding steroid dienone is 2. The molecule has 0 aliphatic carbocycles. The molecule has 4 nitrogen and oxygen atoms in total. The summed E-state index contributed by atoms with van der Waals surface area (Å²) in [4.78, 5) is 11.7. The number of hydrogen-bond acceptors (Lipinski definition) is 4. The van der Waals surface area contributed by atoms with Crippen LogP contribution in [-0.2, 0) is 19.3 Å². The molecule has 0 heterocycles. The van der Waals surface area contributed by atoms with E-state index in [1.54, 1.807) is 24.5 Å². The first-order valence-corrected chi connectivity index (χ1v) is 9.24. The molecule has 0 fully saturated rings. The van der Waals surface area contributed by atoms with E-state index in [9.17, 15) is 9.00 Å². The Labute approximate surface area is 142 Å². The van der Waals surface area contributed by atoms with Gasteiger partial charge in [0, 0.05) is 22.8 Å². The van der Waals surface area contributed by atoms with Crippen molar-refractivity contribution in [2.45, 2.75) is 4.90 Å². The van der Waals surface area contributed by atoms with Crippen molar-refractivity contribution in [2.24, 2.45) is 4.36 Å². The highest BCUT2D eigenvalue weighted by molar-refractivity contribution is 7.93. The number of nitrogens with zero attached hydrogens (tertiary/aromatic N) is 1. The second-order valence-electron chi connectivity index (χ2n) is 5.01. The maximum atomic E-state index is 12.9. The smallest absolute Gasteiger partial charge is 0.330 e. The summed E-state index contributed by atoms with van der Waals surface area (Å²) < 4.78 is 21.9.